The number of rotatable bonds is 7. The second-order valence-corrected chi connectivity index (χ2v) is 5.31. The van der Waals surface area contributed by atoms with Gasteiger partial charge in [0.2, 0.25) is 0 Å². The number of nitrogens with zero attached hydrogens (tertiary/aromatic N) is 1. The number of alkyl carbamates (subject to hydrolysis) is 1. The Kier molecular flexibility index (Phi) is 7.42. The third-order valence-electron chi connectivity index (χ3n) is 2.42. The van der Waals surface area contributed by atoms with Gasteiger partial charge in [0.15, 0.2) is 0 Å². The molecule has 0 atom stereocenters. The predicted molar refractivity (Wildman–Crippen MR) is 70.7 cm³/mol. The number of hydrogen-bond donors (Lipinski definition) is 1. The molecule has 0 aromatic rings. The number of methoxy groups -OCH3 is 2. The Labute approximate surface area is 115 Å². The number of nitrogens with one attached hydrogen (secondary N) is 1. The van der Waals surface area contributed by atoms with Gasteiger partial charge in [-0.15, -0.1) is 0 Å². The number of hydrogen-bond acceptors (Lipinski definition) is 5. The summed E-state index contributed by atoms with van der Waals surface area (Å²) in [7, 11) is 3.10. The van der Waals surface area contributed by atoms with Crippen LogP contribution < -0.4 is 5.32 Å². The van der Waals surface area contributed by atoms with Crippen molar-refractivity contribution >= 4 is 6.09 Å². The van der Waals surface area contributed by atoms with Crippen molar-refractivity contribution in [3.05, 3.63) is 0 Å². The van der Waals surface area contributed by atoms with Gasteiger partial charge in [-0.3, -0.25) is 0 Å². The van der Waals surface area contributed by atoms with E-state index in [0.29, 0.717) is 26.1 Å². The fourth-order valence-corrected chi connectivity index (χ4v) is 1.44. The van der Waals surface area contributed by atoms with E-state index in [2.05, 4.69) is 11.4 Å². The molecule has 6 nitrogen and oxygen atoms in total. The zero-order valence-electron chi connectivity index (χ0n) is 12.4. The van der Waals surface area contributed by atoms with Gasteiger partial charge in [0.1, 0.15) is 11.1 Å². The van der Waals surface area contributed by atoms with Crippen LogP contribution in [-0.2, 0) is 14.2 Å². The zero-order chi connectivity index (χ0) is 14.9. The largest absolute Gasteiger partial charge is 0.444 e. The maximum absolute atomic E-state index is 11.8. The minimum absolute atomic E-state index is 0.368. The topological polar surface area (TPSA) is 80.6 Å². The molecule has 0 spiro atoms. The van der Waals surface area contributed by atoms with Gasteiger partial charge in [-0.2, -0.15) is 5.26 Å². The average molecular weight is 272 g/mol. The van der Waals surface area contributed by atoms with Gasteiger partial charge in [0, 0.05) is 40.3 Å². The van der Waals surface area contributed by atoms with Crippen LogP contribution in [0.25, 0.3) is 0 Å². The van der Waals surface area contributed by atoms with Crippen molar-refractivity contribution < 1.29 is 19.0 Å². The van der Waals surface area contributed by atoms with Gasteiger partial charge in [0.05, 0.1) is 6.07 Å². The Bertz CT molecular complexity index is 310. The maximum Gasteiger partial charge on any atom is 0.408 e. The molecule has 0 heterocycles. The highest BCUT2D eigenvalue weighted by Gasteiger charge is 2.33. The quantitative estimate of drug-likeness (QED) is 0.765. The van der Waals surface area contributed by atoms with E-state index in [1.165, 1.54) is 0 Å². The van der Waals surface area contributed by atoms with Gasteiger partial charge >= 0.3 is 6.09 Å². The third-order valence-corrected chi connectivity index (χ3v) is 2.42. The van der Waals surface area contributed by atoms with Crippen LogP contribution in [0.1, 0.15) is 33.6 Å². The molecule has 1 amide bonds. The second kappa shape index (κ2) is 7.97. The van der Waals surface area contributed by atoms with Crippen LogP contribution in [0.2, 0.25) is 0 Å². The maximum atomic E-state index is 11.8. The first kappa shape index (κ1) is 17.7. The van der Waals surface area contributed by atoms with Crippen LogP contribution in [0, 0.1) is 11.3 Å². The molecule has 0 rings (SSSR count). The second-order valence-electron chi connectivity index (χ2n) is 5.31. The smallest absolute Gasteiger partial charge is 0.408 e. The number of amides is 1. The lowest BCUT2D eigenvalue weighted by Crippen LogP contribution is -2.50. The summed E-state index contributed by atoms with van der Waals surface area (Å²) >= 11 is 0. The summed E-state index contributed by atoms with van der Waals surface area (Å²) < 4.78 is 15.1. The standard InChI is InChI=1S/C13H24N2O4/c1-12(2,3)19-11(16)15-13(10-14,6-8-17-4)7-9-18-5/h6-9H2,1-5H3,(H,15,16). The van der Waals surface area contributed by atoms with Crippen molar-refractivity contribution in [3.63, 3.8) is 0 Å². The SMILES string of the molecule is COCCC(C#N)(CCOC)NC(=O)OC(C)(C)C. The average Bonchev–Trinajstić information content (AvgIpc) is 2.30. The fraction of sp³-hybridized carbons (Fsp3) is 0.846. The summed E-state index contributed by atoms with van der Waals surface area (Å²) in [6.45, 7) is 6.04. The minimum Gasteiger partial charge on any atom is -0.444 e. The molecule has 6 heteroatoms. The number of carbonyl (C=O) groups is 1. The van der Waals surface area contributed by atoms with Crippen molar-refractivity contribution in [3.8, 4) is 6.07 Å². The number of carbonyl (C=O) groups excluding carboxylic acids is 1. The molecule has 0 aliphatic heterocycles. The monoisotopic (exact) mass is 272 g/mol. The lowest BCUT2D eigenvalue weighted by atomic mass is 9.94. The molecule has 0 saturated carbocycles. The van der Waals surface area contributed by atoms with Crippen LogP contribution >= 0.6 is 0 Å². The van der Waals surface area contributed by atoms with Crippen LogP contribution in [0.15, 0.2) is 0 Å². The van der Waals surface area contributed by atoms with E-state index < -0.39 is 17.2 Å². The van der Waals surface area contributed by atoms with Gasteiger partial charge in [-0.05, 0) is 20.8 Å². The lowest BCUT2D eigenvalue weighted by Gasteiger charge is -2.29. The molecule has 110 valence electrons. The van der Waals surface area contributed by atoms with E-state index in [1.807, 2.05) is 0 Å². The van der Waals surface area contributed by atoms with Crippen LogP contribution in [0.3, 0.4) is 0 Å². The molecule has 0 aliphatic rings. The summed E-state index contributed by atoms with van der Waals surface area (Å²) in [4.78, 5) is 11.8. The van der Waals surface area contributed by atoms with Crippen molar-refractivity contribution in [2.45, 2.75) is 44.8 Å². The summed E-state index contributed by atoms with van der Waals surface area (Å²) in [6.07, 6.45) is 0.145. The molecule has 0 aromatic carbocycles. The van der Waals surface area contributed by atoms with E-state index in [9.17, 15) is 10.1 Å². The first-order valence-electron chi connectivity index (χ1n) is 6.19. The normalized spacial score (nSPS) is 11.8. The first-order valence-corrected chi connectivity index (χ1v) is 6.19. The first-order chi connectivity index (χ1) is 8.78. The fourth-order valence-electron chi connectivity index (χ4n) is 1.44. The lowest BCUT2D eigenvalue weighted by molar-refractivity contribution is 0.0438. The van der Waals surface area contributed by atoms with E-state index in [0.717, 1.165) is 0 Å². The minimum atomic E-state index is -1.03. The molecule has 0 bridgehead atoms. The number of ether oxygens (including phenoxy) is 3. The molecular formula is C13H24N2O4. The highest BCUT2D eigenvalue weighted by atomic mass is 16.6. The van der Waals surface area contributed by atoms with Gasteiger partial charge < -0.3 is 19.5 Å². The molecule has 0 aliphatic carbocycles. The number of nitriles is 1. The van der Waals surface area contributed by atoms with Crippen molar-refractivity contribution in [1.82, 2.24) is 5.32 Å². The molecule has 1 N–H and O–H groups in total. The summed E-state index contributed by atoms with van der Waals surface area (Å²) in [5.74, 6) is 0. The molecule has 19 heavy (non-hydrogen) atoms. The molecule has 0 aromatic heterocycles. The van der Waals surface area contributed by atoms with Crippen molar-refractivity contribution in [2.75, 3.05) is 27.4 Å². The Morgan fingerprint density at radius 1 is 1.16 bits per heavy atom. The van der Waals surface area contributed by atoms with Crippen LogP contribution in [0.4, 0.5) is 4.79 Å². The van der Waals surface area contributed by atoms with E-state index in [1.54, 1.807) is 35.0 Å². The zero-order valence-corrected chi connectivity index (χ0v) is 12.4. The Hall–Kier alpha value is -1.32. The molecule has 0 fully saturated rings. The van der Waals surface area contributed by atoms with Crippen molar-refractivity contribution in [2.24, 2.45) is 0 Å². The highest BCUT2D eigenvalue weighted by molar-refractivity contribution is 5.69. The van der Waals surface area contributed by atoms with Crippen LogP contribution in [0.5, 0.6) is 0 Å². The molecule has 0 radical (unpaired) electrons. The molecule has 0 unspecified atom stereocenters. The van der Waals surface area contributed by atoms with E-state index >= 15 is 0 Å². The Balaban J connectivity index is 4.72. The summed E-state index contributed by atoms with van der Waals surface area (Å²) in [5, 5.41) is 12.0. The van der Waals surface area contributed by atoms with E-state index in [-0.39, 0.29) is 0 Å². The highest BCUT2D eigenvalue weighted by Crippen LogP contribution is 2.17. The van der Waals surface area contributed by atoms with E-state index in [4.69, 9.17) is 14.2 Å². The predicted octanol–water partition coefficient (Wildman–Crippen LogP) is 1.85. The summed E-state index contributed by atoms with van der Waals surface area (Å²) in [6, 6.07) is 2.13. The molecular weight excluding hydrogens is 248 g/mol. The van der Waals surface area contributed by atoms with Crippen molar-refractivity contribution in [1.29, 1.82) is 5.26 Å². The molecule has 0 saturated heterocycles. The van der Waals surface area contributed by atoms with Crippen LogP contribution in [-0.4, -0.2) is 44.7 Å². The third kappa shape index (κ3) is 7.65. The Morgan fingerprint density at radius 3 is 1.95 bits per heavy atom. The summed E-state index contributed by atoms with van der Waals surface area (Å²) in [5.41, 5.74) is -1.64. The Morgan fingerprint density at radius 2 is 1.63 bits per heavy atom. The van der Waals surface area contributed by atoms with Gasteiger partial charge in [-0.25, -0.2) is 4.79 Å². The van der Waals surface area contributed by atoms with Gasteiger partial charge in [0.25, 0.3) is 0 Å². The van der Waals surface area contributed by atoms with Gasteiger partial charge in [-0.1, -0.05) is 0 Å².